The molecule has 1 aliphatic heterocycles. The first-order valence-corrected chi connectivity index (χ1v) is 8.40. The third-order valence-corrected chi connectivity index (χ3v) is 4.41. The highest BCUT2D eigenvalue weighted by Crippen LogP contribution is 2.29. The Balaban J connectivity index is 1.81. The van der Waals surface area contributed by atoms with E-state index < -0.39 is 4.92 Å². The van der Waals surface area contributed by atoms with Gasteiger partial charge in [-0.1, -0.05) is 12.1 Å². The molecule has 1 saturated heterocycles. The van der Waals surface area contributed by atoms with Crippen molar-refractivity contribution in [2.24, 2.45) is 0 Å². The van der Waals surface area contributed by atoms with Crippen molar-refractivity contribution in [3.05, 3.63) is 63.7 Å². The van der Waals surface area contributed by atoms with Gasteiger partial charge in [0.1, 0.15) is 5.69 Å². The Morgan fingerprint density at radius 3 is 2.64 bits per heavy atom. The van der Waals surface area contributed by atoms with E-state index in [0.29, 0.717) is 11.3 Å². The van der Waals surface area contributed by atoms with Crippen LogP contribution in [0.25, 0.3) is 0 Å². The van der Waals surface area contributed by atoms with Crippen LogP contribution in [0.1, 0.15) is 35.7 Å². The van der Waals surface area contributed by atoms with Crippen LogP contribution < -0.4 is 5.32 Å². The second-order valence-corrected chi connectivity index (χ2v) is 6.35. The molecular weight excluding hydrogens is 318 g/mol. The van der Waals surface area contributed by atoms with Gasteiger partial charge >= 0.3 is 0 Å². The zero-order valence-corrected chi connectivity index (χ0v) is 14.2. The van der Waals surface area contributed by atoms with Crippen LogP contribution in [0, 0.1) is 10.1 Å². The number of nitro benzene ring substituents is 1. The van der Waals surface area contributed by atoms with Crippen molar-refractivity contribution in [2.45, 2.75) is 26.3 Å². The van der Waals surface area contributed by atoms with Crippen LogP contribution in [-0.2, 0) is 6.54 Å². The summed E-state index contributed by atoms with van der Waals surface area (Å²) in [4.78, 5) is 24.7. The molecule has 2 aromatic rings. The van der Waals surface area contributed by atoms with Crippen molar-refractivity contribution in [2.75, 3.05) is 18.4 Å². The fraction of sp³-hybridized carbons (Fsp3) is 0.316. The van der Waals surface area contributed by atoms with Crippen LogP contribution in [0.4, 0.5) is 17.1 Å². The molecule has 0 spiro atoms. The first kappa shape index (κ1) is 17.1. The molecule has 130 valence electrons. The van der Waals surface area contributed by atoms with Crippen LogP contribution in [0.15, 0.2) is 42.5 Å². The number of carbonyl (C=O) groups excluding carboxylic acids is 1. The SMILES string of the molecule is CC(=O)c1ccc(Nc2cccc(CN3CCCC3)c2)c([N+](=O)[O-])c1. The van der Waals surface area contributed by atoms with Gasteiger partial charge in [0.2, 0.25) is 0 Å². The van der Waals surface area contributed by atoms with Gasteiger partial charge in [0, 0.05) is 23.9 Å². The number of nitro groups is 1. The highest BCUT2D eigenvalue weighted by atomic mass is 16.6. The zero-order valence-electron chi connectivity index (χ0n) is 14.2. The summed E-state index contributed by atoms with van der Waals surface area (Å²) in [5.74, 6) is -0.192. The van der Waals surface area contributed by atoms with Gasteiger partial charge in [-0.25, -0.2) is 0 Å². The minimum atomic E-state index is -0.469. The lowest BCUT2D eigenvalue weighted by molar-refractivity contribution is -0.383. The van der Waals surface area contributed by atoms with Gasteiger partial charge in [0.15, 0.2) is 5.78 Å². The molecule has 6 nitrogen and oxygen atoms in total. The normalized spacial score (nSPS) is 14.4. The molecule has 1 aliphatic rings. The second-order valence-electron chi connectivity index (χ2n) is 6.35. The molecule has 3 rings (SSSR count). The second kappa shape index (κ2) is 7.44. The molecule has 1 heterocycles. The summed E-state index contributed by atoms with van der Waals surface area (Å²) in [5, 5.41) is 14.4. The minimum Gasteiger partial charge on any atom is -0.350 e. The molecule has 0 atom stereocenters. The van der Waals surface area contributed by atoms with Crippen molar-refractivity contribution in [3.8, 4) is 0 Å². The maximum absolute atomic E-state index is 11.5. The highest BCUT2D eigenvalue weighted by Gasteiger charge is 2.17. The molecule has 0 unspecified atom stereocenters. The summed E-state index contributed by atoms with van der Waals surface area (Å²) in [6, 6.07) is 12.4. The van der Waals surface area contributed by atoms with E-state index in [0.717, 1.165) is 25.3 Å². The van der Waals surface area contributed by atoms with Crippen LogP contribution >= 0.6 is 0 Å². The fourth-order valence-corrected chi connectivity index (χ4v) is 3.11. The van der Waals surface area contributed by atoms with E-state index >= 15 is 0 Å². The number of anilines is 2. The van der Waals surface area contributed by atoms with Gasteiger partial charge in [0.25, 0.3) is 5.69 Å². The summed E-state index contributed by atoms with van der Waals surface area (Å²) < 4.78 is 0. The molecule has 0 saturated carbocycles. The standard InChI is InChI=1S/C19H21N3O3/c1-14(23)16-7-8-18(19(12-16)22(24)25)20-17-6-4-5-15(11-17)13-21-9-2-3-10-21/h4-8,11-12,20H,2-3,9-10,13H2,1H3. The van der Waals surface area contributed by atoms with Crippen molar-refractivity contribution < 1.29 is 9.72 Å². The van der Waals surface area contributed by atoms with Gasteiger partial charge in [-0.2, -0.15) is 0 Å². The number of nitrogens with zero attached hydrogens (tertiary/aromatic N) is 2. The van der Waals surface area contributed by atoms with E-state index in [-0.39, 0.29) is 11.5 Å². The number of rotatable bonds is 6. The van der Waals surface area contributed by atoms with Gasteiger partial charge in [0.05, 0.1) is 4.92 Å². The lowest BCUT2D eigenvalue weighted by Crippen LogP contribution is -2.18. The van der Waals surface area contributed by atoms with Gasteiger partial charge in [-0.15, -0.1) is 0 Å². The zero-order chi connectivity index (χ0) is 17.8. The van der Waals surface area contributed by atoms with Crippen molar-refractivity contribution in [1.29, 1.82) is 0 Å². The van der Waals surface area contributed by atoms with Crippen LogP contribution in [0.2, 0.25) is 0 Å². The summed E-state index contributed by atoms with van der Waals surface area (Å²) >= 11 is 0. The quantitative estimate of drug-likeness (QED) is 0.486. The Hall–Kier alpha value is -2.73. The van der Waals surface area contributed by atoms with Crippen LogP contribution in [-0.4, -0.2) is 28.7 Å². The lowest BCUT2D eigenvalue weighted by Gasteiger charge is -2.15. The highest BCUT2D eigenvalue weighted by molar-refractivity contribution is 5.95. The smallest absolute Gasteiger partial charge is 0.293 e. The maximum Gasteiger partial charge on any atom is 0.293 e. The number of nitrogens with one attached hydrogen (secondary N) is 1. The molecular formula is C19H21N3O3. The third-order valence-electron chi connectivity index (χ3n) is 4.41. The number of carbonyl (C=O) groups is 1. The van der Waals surface area contributed by atoms with Crippen molar-refractivity contribution in [1.82, 2.24) is 4.90 Å². The molecule has 0 radical (unpaired) electrons. The molecule has 0 aliphatic carbocycles. The van der Waals surface area contributed by atoms with Crippen LogP contribution in [0.5, 0.6) is 0 Å². The lowest BCUT2D eigenvalue weighted by atomic mass is 10.1. The molecule has 6 heteroatoms. The molecule has 0 bridgehead atoms. The minimum absolute atomic E-state index is 0.0994. The number of hydrogen-bond acceptors (Lipinski definition) is 5. The predicted molar refractivity (Wildman–Crippen MR) is 97.3 cm³/mol. The molecule has 2 aromatic carbocycles. The Morgan fingerprint density at radius 2 is 1.96 bits per heavy atom. The molecule has 1 fully saturated rings. The van der Waals surface area contributed by atoms with Crippen LogP contribution in [0.3, 0.4) is 0 Å². The predicted octanol–water partition coefficient (Wildman–Crippen LogP) is 4.14. The number of benzene rings is 2. The van der Waals surface area contributed by atoms with E-state index in [1.807, 2.05) is 18.2 Å². The Bertz CT molecular complexity index is 798. The molecule has 0 aromatic heterocycles. The van der Waals surface area contributed by atoms with E-state index in [1.54, 1.807) is 12.1 Å². The van der Waals surface area contributed by atoms with Gasteiger partial charge in [-0.3, -0.25) is 19.8 Å². The summed E-state index contributed by atoms with van der Waals surface area (Å²) in [7, 11) is 0. The number of hydrogen-bond donors (Lipinski definition) is 1. The van der Waals surface area contributed by atoms with E-state index in [2.05, 4.69) is 16.3 Å². The number of likely N-dealkylation sites (tertiary alicyclic amines) is 1. The first-order valence-electron chi connectivity index (χ1n) is 8.40. The maximum atomic E-state index is 11.5. The van der Waals surface area contributed by atoms with E-state index in [1.165, 1.54) is 31.4 Å². The topological polar surface area (TPSA) is 75.5 Å². The van der Waals surface area contributed by atoms with Crippen molar-refractivity contribution >= 4 is 22.8 Å². The number of ketones is 1. The summed E-state index contributed by atoms with van der Waals surface area (Å²) in [5.41, 5.74) is 2.59. The average Bonchev–Trinajstić information content (AvgIpc) is 3.08. The van der Waals surface area contributed by atoms with Gasteiger partial charge < -0.3 is 5.32 Å². The Morgan fingerprint density at radius 1 is 1.20 bits per heavy atom. The average molecular weight is 339 g/mol. The van der Waals surface area contributed by atoms with Crippen molar-refractivity contribution in [3.63, 3.8) is 0 Å². The largest absolute Gasteiger partial charge is 0.350 e. The molecule has 1 N–H and O–H groups in total. The van der Waals surface area contributed by atoms with E-state index in [9.17, 15) is 14.9 Å². The Kier molecular flexibility index (Phi) is 5.09. The monoisotopic (exact) mass is 339 g/mol. The fourth-order valence-electron chi connectivity index (χ4n) is 3.11. The summed E-state index contributed by atoms with van der Waals surface area (Å²) in [6.07, 6.45) is 2.49. The molecule has 0 amide bonds. The Labute approximate surface area is 146 Å². The third kappa shape index (κ3) is 4.22. The van der Waals surface area contributed by atoms with Gasteiger partial charge in [-0.05, 0) is 62.7 Å². The number of Topliss-reactive ketones (excluding diaryl/α,β-unsaturated/α-hetero) is 1. The van der Waals surface area contributed by atoms with E-state index in [4.69, 9.17) is 0 Å². The molecule has 25 heavy (non-hydrogen) atoms. The summed E-state index contributed by atoms with van der Waals surface area (Å²) in [6.45, 7) is 4.53. The first-order chi connectivity index (χ1) is 12.0.